The third kappa shape index (κ3) is 1.81. The fraction of sp³-hybridized carbons (Fsp3) is 0.375. The fourth-order valence-electron chi connectivity index (χ4n) is 3.28. The summed E-state index contributed by atoms with van der Waals surface area (Å²) < 4.78 is 0. The van der Waals surface area contributed by atoms with Crippen LogP contribution in [0, 0.1) is 0 Å². The third-order valence-electron chi connectivity index (χ3n) is 4.27. The molecule has 0 fully saturated rings. The molecule has 2 aromatic rings. The first-order chi connectivity index (χ1) is 9.13. The van der Waals surface area contributed by atoms with E-state index < -0.39 is 6.10 Å². The number of aliphatic hydroxyl groups is 1. The number of benzene rings is 1. The molecule has 1 aromatic heterocycles. The van der Waals surface area contributed by atoms with E-state index in [2.05, 4.69) is 35.2 Å². The standard InChI is InChI=1S/C16H20N2O/c1-9(2)16(19)15-11-5-4-6-12-14(11)10(8-18-12)7-13(15)17-3/h4-6,8,13,15-19H,1,7H2,2-3H3. The van der Waals surface area contributed by atoms with Crippen LogP contribution < -0.4 is 5.32 Å². The number of aromatic amines is 1. The van der Waals surface area contributed by atoms with Gasteiger partial charge < -0.3 is 15.4 Å². The summed E-state index contributed by atoms with van der Waals surface area (Å²) in [7, 11) is 1.96. The average Bonchev–Trinajstić information content (AvgIpc) is 2.82. The Labute approximate surface area is 113 Å². The average molecular weight is 256 g/mol. The van der Waals surface area contributed by atoms with Crippen LogP contribution in [0.25, 0.3) is 10.9 Å². The van der Waals surface area contributed by atoms with Gasteiger partial charge in [0.15, 0.2) is 0 Å². The predicted molar refractivity (Wildman–Crippen MR) is 78.4 cm³/mol. The van der Waals surface area contributed by atoms with Gasteiger partial charge in [-0.2, -0.15) is 0 Å². The first kappa shape index (κ1) is 12.5. The summed E-state index contributed by atoms with van der Waals surface area (Å²) in [4.78, 5) is 3.32. The molecule has 0 spiro atoms. The number of hydrogen-bond acceptors (Lipinski definition) is 2. The van der Waals surface area contributed by atoms with Gasteiger partial charge >= 0.3 is 0 Å². The van der Waals surface area contributed by atoms with Crippen LogP contribution in [0.15, 0.2) is 36.5 Å². The van der Waals surface area contributed by atoms with Gasteiger partial charge in [0.1, 0.15) is 0 Å². The molecule has 3 heteroatoms. The van der Waals surface area contributed by atoms with Gasteiger partial charge in [0, 0.05) is 29.1 Å². The van der Waals surface area contributed by atoms with Crippen LogP contribution >= 0.6 is 0 Å². The van der Waals surface area contributed by atoms with Crippen molar-refractivity contribution in [3.8, 4) is 0 Å². The van der Waals surface area contributed by atoms with Gasteiger partial charge in [0.2, 0.25) is 0 Å². The molecule has 0 saturated heterocycles. The Hall–Kier alpha value is -1.58. The van der Waals surface area contributed by atoms with Crippen molar-refractivity contribution in [3.05, 3.63) is 47.7 Å². The number of H-pyrrole nitrogens is 1. The Kier molecular flexibility index (Phi) is 2.96. The Morgan fingerprint density at radius 2 is 2.32 bits per heavy atom. The van der Waals surface area contributed by atoms with E-state index in [0.29, 0.717) is 0 Å². The van der Waals surface area contributed by atoms with E-state index in [9.17, 15) is 5.11 Å². The summed E-state index contributed by atoms with van der Waals surface area (Å²) in [6, 6.07) is 6.50. The van der Waals surface area contributed by atoms with E-state index in [4.69, 9.17) is 0 Å². The Balaban J connectivity index is 2.20. The molecular formula is C16H20N2O. The maximum absolute atomic E-state index is 10.5. The summed E-state index contributed by atoms with van der Waals surface area (Å²) >= 11 is 0. The lowest BCUT2D eigenvalue weighted by Gasteiger charge is -2.35. The van der Waals surface area contributed by atoms with Gasteiger partial charge in [-0.05, 0) is 37.6 Å². The first-order valence-electron chi connectivity index (χ1n) is 6.73. The molecular weight excluding hydrogens is 236 g/mol. The summed E-state index contributed by atoms with van der Waals surface area (Å²) in [5, 5.41) is 15.1. The van der Waals surface area contributed by atoms with E-state index in [-0.39, 0.29) is 12.0 Å². The highest BCUT2D eigenvalue weighted by Crippen LogP contribution is 2.39. The third-order valence-corrected chi connectivity index (χ3v) is 4.27. The van der Waals surface area contributed by atoms with Gasteiger partial charge in [-0.1, -0.05) is 24.3 Å². The molecule has 1 heterocycles. The topological polar surface area (TPSA) is 48.0 Å². The minimum absolute atomic E-state index is 0.0644. The summed E-state index contributed by atoms with van der Waals surface area (Å²) in [6.07, 6.45) is 2.51. The van der Waals surface area contributed by atoms with Gasteiger partial charge in [-0.25, -0.2) is 0 Å². The molecule has 1 aliphatic rings. The molecule has 0 aliphatic heterocycles. The molecule has 3 N–H and O–H groups in total. The van der Waals surface area contributed by atoms with Crippen molar-refractivity contribution in [2.75, 3.05) is 7.05 Å². The second-order valence-corrected chi connectivity index (χ2v) is 5.50. The molecule has 3 atom stereocenters. The van der Waals surface area contributed by atoms with Crippen LogP contribution in [-0.4, -0.2) is 29.3 Å². The molecule has 100 valence electrons. The Morgan fingerprint density at radius 3 is 3.00 bits per heavy atom. The molecule has 0 radical (unpaired) electrons. The second-order valence-electron chi connectivity index (χ2n) is 5.50. The van der Waals surface area contributed by atoms with E-state index >= 15 is 0 Å². The van der Waals surface area contributed by atoms with Crippen molar-refractivity contribution in [1.82, 2.24) is 10.3 Å². The highest BCUT2D eigenvalue weighted by molar-refractivity contribution is 5.88. The lowest BCUT2D eigenvalue weighted by Crippen LogP contribution is -2.42. The molecule has 3 nitrogen and oxygen atoms in total. The second kappa shape index (κ2) is 4.51. The zero-order valence-corrected chi connectivity index (χ0v) is 11.4. The molecule has 1 aliphatic carbocycles. The maximum atomic E-state index is 10.5. The van der Waals surface area contributed by atoms with Gasteiger partial charge in [0.25, 0.3) is 0 Å². The SMILES string of the molecule is C=C(C)C(O)C1c2cccc3[nH]cc(c23)CC1NC. The summed E-state index contributed by atoms with van der Waals surface area (Å²) in [5.41, 5.74) is 4.52. The van der Waals surface area contributed by atoms with Crippen LogP contribution in [0.4, 0.5) is 0 Å². The number of hydrogen-bond donors (Lipinski definition) is 3. The summed E-state index contributed by atoms with van der Waals surface area (Å²) in [5.74, 6) is 0.0644. The quantitative estimate of drug-likeness (QED) is 0.738. The van der Waals surface area contributed by atoms with Crippen molar-refractivity contribution in [2.24, 2.45) is 0 Å². The van der Waals surface area contributed by atoms with E-state index in [1.165, 1.54) is 16.5 Å². The molecule has 3 unspecified atom stereocenters. The lowest BCUT2D eigenvalue weighted by atomic mass is 9.76. The fourth-order valence-corrected chi connectivity index (χ4v) is 3.28. The maximum Gasteiger partial charge on any atom is 0.0828 e. The zero-order chi connectivity index (χ0) is 13.6. The molecule has 19 heavy (non-hydrogen) atoms. The van der Waals surface area contributed by atoms with Crippen LogP contribution in [0.5, 0.6) is 0 Å². The van der Waals surface area contributed by atoms with Gasteiger partial charge in [-0.15, -0.1) is 0 Å². The lowest BCUT2D eigenvalue weighted by molar-refractivity contribution is 0.157. The molecule has 1 aromatic carbocycles. The monoisotopic (exact) mass is 256 g/mol. The van der Waals surface area contributed by atoms with Crippen LogP contribution in [0.3, 0.4) is 0 Å². The van der Waals surface area contributed by atoms with Crippen LogP contribution in [0.1, 0.15) is 24.0 Å². The number of aliphatic hydroxyl groups excluding tert-OH is 1. The minimum Gasteiger partial charge on any atom is -0.388 e. The summed E-state index contributed by atoms with van der Waals surface area (Å²) in [6.45, 7) is 5.81. The van der Waals surface area contributed by atoms with Crippen molar-refractivity contribution in [1.29, 1.82) is 0 Å². The van der Waals surface area contributed by atoms with E-state index in [1.54, 1.807) is 0 Å². The van der Waals surface area contributed by atoms with Crippen LogP contribution in [0.2, 0.25) is 0 Å². The molecule has 0 amide bonds. The molecule has 0 bridgehead atoms. The van der Waals surface area contributed by atoms with E-state index in [1.807, 2.05) is 20.0 Å². The number of aromatic nitrogens is 1. The zero-order valence-electron chi connectivity index (χ0n) is 11.4. The highest BCUT2D eigenvalue weighted by Gasteiger charge is 2.35. The predicted octanol–water partition coefficient (Wildman–Crippen LogP) is 2.33. The first-order valence-corrected chi connectivity index (χ1v) is 6.73. The number of likely N-dealkylation sites (N-methyl/N-ethyl adjacent to an activating group) is 1. The van der Waals surface area contributed by atoms with Gasteiger partial charge in [0.05, 0.1) is 6.10 Å². The van der Waals surface area contributed by atoms with E-state index in [0.717, 1.165) is 17.5 Å². The van der Waals surface area contributed by atoms with Crippen molar-refractivity contribution in [3.63, 3.8) is 0 Å². The number of rotatable bonds is 3. The van der Waals surface area contributed by atoms with Crippen molar-refractivity contribution >= 4 is 10.9 Å². The minimum atomic E-state index is -0.508. The Bertz CT molecular complexity index is 629. The normalized spacial score (nSPS) is 23.5. The van der Waals surface area contributed by atoms with Crippen molar-refractivity contribution in [2.45, 2.75) is 31.4 Å². The smallest absolute Gasteiger partial charge is 0.0828 e. The largest absolute Gasteiger partial charge is 0.388 e. The molecule has 0 saturated carbocycles. The van der Waals surface area contributed by atoms with Crippen molar-refractivity contribution < 1.29 is 5.11 Å². The van der Waals surface area contributed by atoms with Gasteiger partial charge in [-0.3, -0.25) is 0 Å². The Morgan fingerprint density at radius 1 is 1.53 bits per heavy atom. The van der Waals surface area contributed by atoms with Crippen LogP contribution in [-0.2, 0) is 6.42 Å². The molecule has 3 rings (SSSR count). The number of nitrogens with one attached hydrogen (secondary N) is 2. The highest BCUT2D eigenvalue weighted by atomic mass is 16.3.